The van der Waals surface area contributed by atoms with Gasteiger partial charge < -0.3 is 14.6 Å². The van der Waals surface area contributed by atoms with Crippen LogP contribution in [0.15, 0.2) is 49.1 Å². The number of nitrogens with one attached hydrogen (secondary N) is 1. The molecule has 2 aromatic carbocycles. The van der Waals surface area contributed by atoms with Gasteiger partial charge in [-0.05, 0) is 68.2 Å². The van der Waals surface area contributed by atoms with Crippen LogP contribution >= 0.6 is 11.6 Å². The summed E-state index contributed by atoms with van der Waals surface area (Å²) in [5, 5.41) is 3.60. The van der Waals surface area contributed by atoms with Gasteiger partial charge >= 0.3 is 0 Å². The van der Waals surface area contributed by atoms with Crippen LogP contribution in [-0.2, 0) is 17.9 Å². The van der Waals surface area contributed by atoms with Gasteiger partial charge in [-0.25, -0.2) is 4.98 Å². The third kappa shape index (κ3) is 5.18. The minimum Gasteiger partial charge on any atom is -0.494 e. The molecule has 1 amide bonds. The second-order valence-corrected chi connectivity index (χ2v) is 7.39. The van der Waals surface area contributed by atoms with Crippen LogP contribution in [-0.4, -0.2) is 22.1 Å². The summed E-state index contributed by atoms with van der Waals surface area (Å²) in [7, 11) is 0. The lowest BCUT2D eigenvalue weighted by Crippen LogP contribution is -2.22. The largest absolute Gasteiger partial charge is 0.494 e. The molecule has 0 aliphatic carbocycles. The van der Waals surface area contributed by atoms with E-state index >= 15 is 0 Å². The number of benzene rings is 2. The molecule has 0 atom stereocenters. The number of hydrogen-bond acceptors (Lipinski definition) is 3. The molecule has 5 nitrogen and oxygen atoms in total. The monoisotopic (exact) mass is 411 g/mol. The van der Waals surface area contributed by atoms with E-state index in [0.717, 1.165) is 58.1 Å². The number of rotatable bonds is 9. The lowest BCUT2D eigenvalue weighted by molar-refractivity contribution is -0.116. The van der Waals surface area contributed by atoms with Crippen molar-refractivity contribution >= 4 is 28.5 Å². The molecule has 152 valence electrons. The summed E-state index contributed by atoms with van der Waals surface area (Å²) in [5.74, 6) is 1.49. The van der Waals surface area contributed by atoms with Gasteiger partial charge in [-0.2, -0.15) is 0 Å². The normalized spacial score (nSPS) is 10.9. The first-order valence-corrected chi connectivity index (χ1v) is 10.1. The second-order valence-electron chi connectivity index (χ2n) is 7.02. The smallest absolute Gasteiger partial charge is 0.243 e. The standard InChI is InChI=1S/C23H26ClN3O2/c1-4-22(28)25-15-21-26-19-9-5-6-10-20(19)27(21)11-7-8-12-29-18-13-16(2)23(24)17(3)14-18/h4-6,9-10,13-14H,1,7-8,11-12,15H2,2-3H3,(H,25,28). The Hall–Kier alpha value is -2.79. The molecule has 0 bridgehead atoms. The van der Waals surface area contributed by atoms with Crippen molar-refractivity contribution in [3.8, 4) is 5.75 Å². The molecule has 3 rings (SSSR count). The number of ether oxygens (including phenoxy) is 1. The Labute approximate surface area is 176 Å². The lowest BCUT2D eigenvalue weighted by Gasteiger charge is -2.12. The number of unbranched alkanes of at least 4 members (excludes halogenated alkanes) is 1. The van der Waals surface area contributed by atoms with Crippen LogP contribution in [0.2, 0.25) is 5.02 Å². The fourth-order valence-electron chi connectivity index (χ4n) is 3.30. The third-order valence-electron chi connectivity index (χ3n) is 4.79. The predicted octanol–water partition coefficient (Wildman–Crippen LogP) is 4.97. The Balaban J connectivity index is 1.59. The topological polar surface area (TPSA) is 56.2 Å². The van der Waals surface area contributed by atoms with Gasteiger partial charge in [-0.15, -0.1) is 0 Å². The summed E-state index contributed by atoms with van der Waals surface area (Å²) in [5.41, 5.74) is 4.05. The maximum absolute atomic E-state index is 11.5. The summed E-state index contributed by atoms with van der Waals surface area (Å²) in [4.78, 5) is 16.2. The number of para-hydroxylation sites is 2. The highest BCUT2D eigenvalue weighted by Gasteiger charge is 2.11. The van der Waals surface area contributed by atoms with E-state index in [1.807, 2.05) is 44.2 Å². The molecule has 0 unspecified atom stereocenters. The summed E-state index contributed by atoms with van der Waals surface area (Å²) < 4.78 is 8.06. The second kappa shape index (κ2) is 9.61. The number of carbonyl (C=O) groups is 1. The Morgan fingerprint density at radius 3 is 2.69 bits per heavy atom. The zero-order chi connectivity index (χ0) is 20.8. The number of aryl methyl sites for hydroxylation is 3. The molecule has 0 radical (unpaired) electrons. The van der Waals surface area contributed by atoms with Crippen LogP contribution in [0.25, 0.3) is 11.0 Å². The summed E-state index contributed by atoms with van der Waals surface area (Å²) >= 11 is 6.21. The molecule has 0 aliphatic rings. The third-order valence-corrected chi connectivity index (χ3v) is 5.39. The molecule has 0 saturated heterocycles. The number of imidazole rings is 1. The maximum Gasteiger partial charge on any atom is 0.243 e. The fourth-order valence-corrected chi connectivity index (χ4v) is 3.41. The molecular weight excluding hydrogens is 386 g/mol. The van der Waals surface area contributed by atoms with Gasteiger partial charge in [0.1, 0.15) is 11.6 Å². The van der Waals surface area contributed by atoms with Crippen LogP contribution in [0.1, 0.15) is 29.8 Å². The van der Waals surface area contributed by atoms with E-state index in [1.165, 1.54) is 6.08 Å². The number of aromatic nitrogens is 2. The quantitative estimate of drug-likeness (QED) is 0.399. The average Bonchev–Trinajstić information content (AvgIpc) is 3.07. The van der Waals surface area contributed by atoms with Gasteiger partial charge in [0.15, 0.2) is 0 Å². The first-order chi connectivity index (χ1) is 14.0. The zero-order valence-corrected chi connectivity index (χ0v) is 17.6. The Morgan fingerprint density at radius 1 is 1.24 bits per heavy atom. The van der Waals surface area contributed by atoms with Crippen molar-refractivity contribution in [2.45, 2.75) is 39.8 Å². The summed E-state index contributed by atoms with van der Waals surface area (Å²) in [6, 6.07) is 11.9. The molecule has 1 heterocycles. The van der Waals surface area contributed by atoms with Crippen molar-refractivity contribution < 1.29 is 9.53 Å². The molecule has 3 aromatic rings. The van der Waals surface area contributed by atoms with E-state index in [0.29, 0.717) is 13.2 Å². The first-order valence-electron chi connectivity index (χ1n) is 9.73. The van der Waals surface area contributed by atoms with Gasteiger partial charge in [0.05, 0.1) is 24.2 Å². The minimum atomic E-state index is -0.203. The predicted molar refractivity (Wildman–Crippen MR) is 117 cm³/mol. The summed E-state index contributed by atoms with van der Waals surface area (Å²) in [6.07, 6.45) is 3.12. The Bertz CT molecular complexity index is 1000. The van der Waals surface area contributed by atoms with Crippen LogP contribution < -0.4 is 10.1 Å². The molecule has 0 fully saturated rings. The minimum absolute atomic E-state index is 0.203. The SMILES string of the molecule is C=CC(=O)NCc1nc2ccccc2n1CCCCOc1cc(C)c(Cl)c(C)c1. The number of hydrogen-bond donors (Lipinski definition) is 1. The summed E-state index contributed by atoms with van der Waals surface area (Å²) in [6.45, 7) is 9.27. The fraction of sp³-hybridized carbons (Fsp3) is 0.304. The first kappa shape index (κ1) is 20.9. The van der Waals surface area contributed by atoms with E-state index in [-0.39, 0.29) is 5.91 Å². The van der Waals surface area contributed by atoms with Gasteiger partial charge in [-0.1, -0.05) is 30.3 Å². The number of nitrogens with zero attached hydrogens (tertiary/aromatic N) is 2. The van der Waals surface area contributed by atoms with Gasteiger partial charge in [-0.3, -0.25) is 4.79 Å². The van der Waals surface area contributed by atoms with E-state index in [2.05, 4.69) is 27.5 Å². The molecule has 0 saturated carbocycles. The number of halogens is 1. The van der Waals surface area contributed by atoms with Gasteiger partial charge in [0, 0.05) is 11.6 Å². The number of fused-ring (bicyclic) bond motifs is 1. The van der Waals surface area contributed by atoms with Crippen molar-refractivity contribution in [2.24, 2.45) is 0 Å². The van der Waals surface area contributed by atoms with Crippen molar-refractivity contribution in [1.29, 1.82) is 0 Å². The highest BCUT2D eigenvalue weighted by atomic mass is 35.5. The highest BCUT2D eigenvalue weighted by Crippen LogP contribution is 2.26. The number of carbonyl (C=O) groups excluding carboxylic acids is 1. The zero-order valence-electron chi connectivity index (χ0n) is 16.9. The van der Waals surface area contributed by atoms with E-state index in [9.17, 15) is 4.79 Å². The molecular formula is C23H26ClN3O2. The molecule has 6 heteroatoms. The van der Waals surface area contributed by atoms with Crippen LogP contribution in [0.3, 0.4) is 0 Å². The molecule has 0 aliphatic heterocycles. The number of amides is 1. The Kier molecular flexibility index (Phi) is 6.94. The molecule has 1 N–H and O–H groups in total. The van der Waals surface area contributed by atoms with Crippen LogP contribution in [0, 0.1) is 13.8 Å². The molecule has 1 aromatic heterocycles. The highest BCUT2D eigenvalue weighted by molar-refractivity contribution is 6.32. The van der Waals surface area contributed by atoms with E-state index in [4.69, 9.17) is 16.3 Å². The lowest BCUT2D eigenvalue weighted by atomic mass is 10.1. The average molecular weight is 412 g/mol. The van der Waals surface area contributed by atoms with Gasteiger partial charge in [0.2, 0.25) is 5.91 Å². The van der Waals surface area contributed by atoms with Crippen LogP contribution in [0.5, 0.6) is 5.75 Å². The van der Waals surface area contributed by atoms with Crippen LogP contribution in [0.4, 0.5) is 0 Å². The molecule has 0 spiro atoms. The van der Waals surface area contributed by atoms with Gasteiger partial charge in [0.25, 0.3) is 0 Å². The van der Waals surface area contributed by atoms with Crippen molar-refractivity contribution in [1.82, 2.24) is 14.9 Å². The Morgan fingerprint density at radius 2 is 1.97 bits per heavy atom. The molecule has 29 heavy (non-hydrogen) atoms. The van der Waals surface area contributed by atoms with Crippen molar-refractivity contribution in [3.05, 3.63) is 71.0 Å². The van der Waals surface area contributed by atoms with E-state index in [1.54, 1.807) is 0 Å². The van der Waals surface area contributed by atoms with Crippen molar-refractivity contribution in [2.75, 3.05) is 6.61 Å². The maximum atomic E-state index is 11.5. The van der Waals surface area contributed by atoms with Crippen molar-refractivity contribution in [3.63, 3.8) is 0 Å². The van der Waals surface area contributed by atoms with E-state index < -0.39 is 0 Å².